The zero-order valence-corrected chi connectivity index (χ0v) is 19.9. The number of benzene rings is 2. The molecule has 0 radical (unpaired) electrons. The third-order valence-corrected chi connectivity index (χ3v) is 4.78. The number of ether oxygens (including phenoxy) is 1. The van der Waals surface area contributed by atoms with Crippen LogP contribution in [0.5, 0.6) is 5.75 Å². The van der Waals surface area contributed by atoms with E-state index in [1.54, 1.807) is 0 Å². The average molecular weight is 440 g/mol. The Morgan fingerprint density at radius 1 is 1.09 bits per heavy atom. The van der Waals surface area contributed by atoms with Gasteiger partial charge in [-0.2, -0.15) is 0 Å². The van der Waals surface area contributed by atoms with Crippen LogP contribution in [0.15, 0.2) is 53.5 Å². The third-order valence-electron chi connectivity index (χ3n) is 4.78. The van der Waals surface area contributed by atoms with E-state index in [-0.39, 0.29) is 12.0 Å². The molecule has 32 heavy (non-hydrogen) atoms. The number of hydrogen-bond acceptors (Lipinski definition) is 4. The van der Waals surface area contributed by atoms with Crippen LogP contribution in [0.2, 0.25) is 0 Å². The molecule has 0 aliphatic heterocycles. The molecular weight excluding hydrogens is 402 g/mol. The molecule has 0 heterocycles. The van der Waals surface area contributed by atoms with Gasteiger partial charge in [0.25, 0.3) is 5.91 Å². The summed E-state index contributed by atoms with van der Waals surface area (Å²) in [5, 5.41) is 9.54. The number of para-hydroxylation sites is 1. The molecule has 0 spiro atoms. The fourth-order valence-corrected chi connectivity index (χ4v) is 3.01. The third kappa shape index (κ3) is 8.98. The highest BCUT2D eigenvalue weighted by atomic mass is 16.5. The van der Waals surface area contributed by atoms with Crippen molar-refractivity contribution in [2.24, 2.45) is 4.99 Å². The monoisotopic (exact) mass is 439 g/mol. The number of rotatable bonds is 11. The number of hydrogen-bond donors (Lipinski definition) is 3. The second-order valence-corrected chi connectivity index (χ2v) is 8.03. The van der Waals surface area contributed by atoms with E-state index in [4.69, 9.17) is 4.74 Å². The van der Waals surface area contributed by atoms with E-state index in [0.717, 1.165) is 30.0 Å². The van der Waals surface area contributed by atoms with Crippen molar-refractivity contribution in [1.82, 2.24) is 20.9 Å². The number of carbonyl (C=O) groups excluding carboxylic acids is 1. The van der Waals surface area contributed by atoms with Crippen molar-refractivity contribution >= 4 is 11.9 Å². The van der Waals surface area contributed by atoms with Gasteiger partial charge < -0.3 is 25.6 Å². The van der Waals surface area contributed by atoms with Gasteiger partial charge in [0.1, 0.15) is 11.9 Å². The summed E-state index contributed by atoms with van der Waals surface area (Å²) in [7, 11) is 3.96. The summed E-state index contributed by atoms with van der Waals surface area (Å²) >= 11 is 0. The van der Waals surface area contributed by atoms with Gasteiger partial charge in [-0.15, -0.1) is 0 Å². The van der Waals surface area contributed by atoms with E-state index in [0.29, 0.717) is 31.2 Å². The number of nitrogens with zero attached hydrogens (tertiary/aromatic N) is 2. The smallest absolute Gasteiger partial charge is 0.251 e. The molecule has 2 aromatic carbocycles. The quantitative estimate of drug-likeness (QED) is 0.371. The van der Waals surface area contributed by atoms with Gasteiger partial charge in [0, 0.05) is 25.2 Å². The van der Waals surface area contributed by atoms with Crippen LogP contribution in [0, 0.1) is 6.92 Å². The van der Waals surface area contributed by atoms with E-state index in [1.807, 2.05) is 88.3 Å². The Labute approximate surface area is 192 Å². The molecule has 1 unspecified atom stereocenters. The first-order chi connectivity index (χ1) is 15.4. The van der Waals surface area contributed by atoms with Crippen molar-refractivity contribution in [2.45, 2.75) is 33.4 Å². The summed E-state index contributed by atoms with van der Waals surface area (Å²) < 4.78 is 6.03. The fourth-order valence-electron chi connectivity index (χ4n) is 3.01. The molecule has 7 nitrogen and oxygen atoms in total. The van der Waals surface area contributed by atoms with Crippen LogP contribution in [0.4, 0.5) is 0 Å². The van der Waals surface area contributed by atoms with Gasteiger partial charge in [0.05, 0.1) is 13.1 Å². The van der Waals surface area contributed by atoms with Gasteiger partial charge in [0.15, 0.2) is 5.96 Å². The van der Waals surface area contributed by atoms with Gasteiger partial charge in [0.2, 0.25) is 0 Å². The second-order valence-electron chi connectivity index (χ2n) is 8.03. The topological polar surface area (TPSA) is 78.0 Å². The summed E-state index contributed by atoms with van der Waals surface area (Å²) in [6, 6.07) is 15.6. The molecule has 7 heteroatoms. The predicted octanol–water partition coefficient (Wildman–Crippen LogP) is 2.81. The molecule has 1 atom stereocenters. The maximum atomic E-state index is 12.4. The Bertz CT molecular complexity index is 882. The van der Waals surface area contributed by atoms with Crippen molar-refractivity contribution in [3.8, 4) is 5.75 Å². The largest absolute Gasteiger partial charge is 0.489 e. The molecule has 0 bridgehead atoms. The minimum Gasteiger partial charge on any atom is -0.489 e. The molecule has 0 aromatic heterocycles. The SMILES string of the molecule is CCNC(=NCc1cccc(C(=O)NCCN(C)C)c1)NCC(C)Oc1ccccc1C. The highest BCUT2D eigenvalue weighted by Crippen LogP contribution is 2.17. The highest BCUT2D eigenvalue weighted by Gasteiger charge is 2.08. The zero-order chi connectivity index (χ0) is 23.3. The lowest BCUT2D eigenvalue weighted by Crippen LogP contribution is -2.41. The lowest BCUT2D eigenvalue weighted by atomic mass is 10.1. The standard InChI is InChI=1S/C25H37N5O2/c1-6-26-25(28-17-20(3)32-23-13-8-7-10-19(23)2)29-18-21-11-9-12-22(16-21)24(31)27-14-15-30(4)5/h7-13,16,20H,6,14-15,17-18H2,1-5H3,(H,27,31)(H2,26,28,29). The van der Waals surface area contributed by atoms with Gasteiger partial charge in [-0.3, -0.25) is 4.79 Å². The molecule has 0 fully saturated rings. The molecule has 174 valence electrons. The molecule has 2 rings (SSSR count). The number of nitrogens with one attached hydrogen (secondary N) is 3. The van der Waals surface area contributed by atoms with Crippen molar-refractivity contribution in [2.75, 3.05) is 40.3 Å². The summed E-state index contributed by atoms with van der Waals surface area (Å²) in [5.74, 6) is 1.54. The lowest BCUT2D eigenvalue weighted by molar-refractivity contribution is 0.0951. The van der Waals surface area contributed by atoms with E-state index in [1.165, 1.54) is 0 Å². The summed E-state index contributed by atoms with van der Waals surface area (Å²) in [4.78, 5) is 19.1. The van der Waals surface area contributed by atoms with Crippen LogP contribution in [0.3, 0.4) is 0 Å². The van der Waals surface area contributed by atoms with E-state index in [2.05, 4.69) is 20.9 Å². The van der Waals surface area contributed by atoms with Crippen molar-refractivity contribution in [1.29, 1.82) is 0 Å². The molecule has 0 saturated carbocycles. The first-order valence-corrected chi connectivity index (χ1v) is 11.2. The minimum atomic E-state index is -0.0649. The van der Waals surface area contributed by atoms with Crippen molar-refractivity contribution in [3.05, 3.63) is 65.2 Å². The predicted molar refractivity (Wildman–Crippen MR) is 131 cm³/mol. The van der Waals surface area contributed by atoms with E-state index >= 15 is 0 Å². The van der Waals surface area contributed by atoms with E-state index < -0.39 is 0 Å². The van der Waals surface area contributed by atoms with Crippen LogP contribution in [-0.4, -0.2) is 63.1 Å². The second kappa shape index (κ2) is 13.4. The summed E-state index contributed by atoms with van der Waals surface area (Å²) in [6.07, 6.45) is -0.0193. The lowest BCUT2D eigenvalue weighted by Gasteiger charge is -2.18. The van der Waals surface area contributed by atoms with Gasteiger partial charge in [-0.25, -0.2) is 4.99 Å². The summed E-state index contributed by atoms with van der Waals surface area (Å²) in [5.41, 5.74) is 2.74. The van der Waals surface area contributed by atoms with Crippen molar-refractivity contribution < 1.29 is 9.53 Å². The average Bonchev–Trinajstić information content (AvgIpc) is 2.77. The number of carbonyl (C=O) groups is 1. The maximum absolute atomic E-state index is 12.4. The molecule has 2 aromatic rings. The molecule has 0 aliphatic rings. The molecule has 0 aliphatic carbocycles. The Morgan fingerprint density at radius 2 is 1.88 bits per heavy atom. The highest BCUT2D eigenvalue weighted by molar-refractivity contribution is 5.94. The number of aliphatic imine (C=N–C) groups is 1. The number of guanidine groups is 1. The normalized spacial score (nSPS) is 12.4. The Kier molecular flexibility index (Phi) is 10.5. The van der Waals surface area contributed by atoms with Crippen molar-refractivity contribution in [3.63, 3.8) is 0 Å². The van der Waals surface area contributed by atoms with E-state index in [9.17, 15) is 4.79 Å². The Balaban J connectivity index is 1.92. The zero-order valence-electron chi connectivity index (χ0n) is 19.9. The van der Waals surface area contributed by atoms with Gasteiger partial charge >= 0.3 is 0 Å². The molecule has 0 saturated heterocycles. The van der Waals surface area contributed by atoms with Crippen LogP contribution in [0.25, 0.3) is 0 Å². The molecule has 1 amide bonds. The van der Waals surface area contributed by atoms with Gasteiger partial charge in [-0.1, -0.05) is 30.3 Å². The van der Waals surface area contributed by atoms with Crippen LogP contribution in [-0.2, 0) is 6.54 Å². The fraction of sp³-hybridized carbons (Fsp3) is 0.440. The number of amides is 1. The number of aryl methyl sites for hydroxylation is 1. The van der Waals surface area contributed by atoms with Crippen LogP contribution >= 0.6 is 0 Å². The van der Waals surface area contributed by atoms with Gasteiger partial charge in [-0.05, 0) is 64.2 Å². The first-order valence-electron chi connectivity index (χ1n) is 11.2. The summed E-state index contributed by atoms with van der Waals surface area (Å²) in [6.45, 7) is 9.37. The Hall–Kier alpha value is -3.06. The maximum Gasteiger partial charge on any atom is 0.251 e. The number of likely N-dealkylation sites (N-methyl/N-ethyl adjacent to an activating group) is 1. The molecular formula is C25H37N5O2. The first kappa shape index (κ1) is 25.2. The minimum absolute atomic E-state index is 0.0193. The van der Waals surface area contributed by atoms with Crippen LogP contribution < -0.4 is 20.7 Å². The van der Waals surface area contributed by atoms with Crippen LogP contribution in [0.1, 0.15) is 35.3 Å². The Morgan fingerprint density at radius 3 is 2.59 bits per heavy atom. The molecule has 3 N–H and O–H groups in total.